The van der Waals surface area contributed by atoms with Gasteiger partial charge in [-0.15, -0.1) is 0 Å². The average molecular weight is 394 g/mol. The molecule has 0 aromatic heterocycles. The van der Waals surface area contributed by atoms with Crippen LogP contribution in [0, 0.1) is 6.92 Å². The molecule has 0 radical (unpaired) electrons. The molecule has 3 amide bonds. The largest absolute Gasteiger partial charge is 0.483 e. The van der Waals surface area contributed by atoms with Gasteiger partial charge in [-0.2, -0.15) is 0 Å². The van der Waals surface area contributed by atoms with Crippen LogP contribution < -0.4 is 10.1 Å². The Labute approximate surface area is 165 Å². The normalized spacial score (nSPS) is 18.3. The highest BCUT2D eigenvalue weighted by atomic mass is 35.5. The quantitative estimate of drug-likeness (QED) is 0.854. The van der Waals surface area contributed by atoms with Crippen molar-refractivity contribution in [3.8, 4) is 5.75 Å². The van der Waals surface area contributed by atoms with Gasteiger partial charge in [0.1, 0.15) is 5.75 Å². The summed E-state index contributed by atoms with van der Waals surface area (Å²) in [5.74, 6) is 0.606. The van der Waals surface area contributed by atoms with Crippen LogP contribution in [0.2, 0.25) is 5.02 Å². The van der Waals surface area contributed by atoms with Crippen molar-refractivity contribution < 1.29 is 14.3 Å². The van der Waals surface area contributed by atoms with Gasteiger partial charge in [-0.05, 0) is 43.5 Å². The molecule has 1 aliphatic heterocycles. The minimum absolute atomic E-state index is 0.00189. The molecule has 1 N–H and O–H groups in total. The van der Waals surface area contributed by atoms with Gasteiger partial charge in [0.25, 0.3) is 5.91 Å². The Morgan fingerprint density at radius 1 is 1.11 bits per heavy atom. The lowest BCUT2D eigenvalue weighted by Crippen LogP contribution is -2.55. The molecule has 6 nitrogen and oxygen atoms in total. The number of amides is 3. The van der Waals surface area contributed by atoms with Crippen molar-refractivity contribution in [2.75, 3.05) is 32.8 Å². The van der Waals surface area contributed by atoms with Gasteiger partial charge in [0.15, 0.2) is 6.61 Å². The number of ether oxygens (including phenoxy) is 1. The van der Waals surface area contributed by atoms with Crippen molar-refractivity contribution in [1.82, 2.24) is 15.1 Å². The van der Waals surface area contributed by atoms with Gasteiger partial charge in [0.2, 0.25) is 0 Å². The van der Waals surface area contributed by atoms with E-state index in [9.17, 15) is 9.59 Å². The summed E-state index contributed by atoms with van der Waals surface area (Å²) in [6.45, 7) is 4.10. The molecule has 2 fully saturated rings. The molecule has 1 aromatic carbocycles. The lowest BCUT2D eigenvalue weighted by atomic mass is 9.96. The van der Waals surface area contributed by atoms with Gasteiger partial charge in [-0.1, -0.05) is 30.9 Å². The molecular weight excluding hydrogens is 366 g/mol. The molecule has 0 spiro atoms. The van der Waals surface area contributed by atoms with E-state index in [1.165, 1.54) is 19.3 Å². The lowest BCUT2D eigenvalue weighted by molar-refractivity contribution is -0.134. The third-order valence-electron chi connectivity index (χ3n) is 5.34. The zero-order valence-corrected chi connectivity index (χ0v) is 16.6. The third kappa shape index (κ3) is 5.51. The maximum absolute atomic E-state index is 12.4. The van der Waals surface area contributed by atoms with E-state index in [0.717, 1.165) is 18.4 Å². The Bertz CT molecular complexity index is 668. The van der Waals surface area contributed by atoms with Crippen molar-refractivity contribution in [2.24, 2.45) is 0 Å². The van der Waals surface area contributed by atoms with Crippen LogP contribution in [0.4, 0.5) is 4.79 Å². The first kappa shape index (κ1) is 19.8. The number of hydrogen-bond donors (Lipinski definition) is 1. The molecule has 148 valence electrons. The monoisotopic (exact) mass is 393 g/mol. The van der Waals surface area contributed by atoms with Gasteiger partial charge < -0.3 is 19.9 Å². The molecule has 0 bridgehead atoms. The molecule has 27 heavy (non-hydrogen) atoms. The van der Waals surface area contributed by atoms with Crippen LogP contribution in [-0.2, 0) is 4.79 Å². The number of carbonyl (C=O) groups is 2. The summed E-state index contributed by atoms with van der Waals surface area (Å²) in [7, 11) is 0. The number of rotatable bonds is 4. The fourth-order valence-corrected chi connectivity index (χ4v) is 3.90. The zero-order valence-electron chi connectivity index (χ0n) is 15.9. The van der Waals surface area contributed by atoms with Crippen LogP contribution >= 0.6 is 11.6 Å². The van der Waals surface area contributed by atoms with Crippen LogP contribution in [-0.4, -0.2) is 60.6 Å². The number of nitrogens with one attached hydrogen (secondary N) is 1. The lowest BCUT2D eigenvalue weighted by Gasteiger charge is -2.36. The Kier molecular flexibility index (Phi) is 6.83. The number of aryl methyl sites for hydroxylation is 1. The SMILES string of the molecule is Cc1cc(Cl)ccc1OCC(=O)N1CCN(C(=O)NC2CCCCC2)CC1. The number of halogens is 1. The minimum atomic E-state index is -0.0586. The highest BCUT2D eigenvalue weighted by Crippen LogP contribution is 2.22. The first-order chi connectivity index (χ1) is 13.0. The third-order valence-corrected chi connectivity index (χ3v) is 5.58. The number of urea groups is 1. The molecule has 1 aromatic rings. The first-order valence-corrected chi connectivity index (χ1v) is 10.1. The Morgan fingerprint density at radius 3 is 2.44 bits per heavy atom. The topological polar surface area (TPSA) is 61.9 Å². The molecule has 2 aliphatic rings. The fraction of sp³-hybridized carbons (Fsp3) is 0.600. The van der Waals surface area contributed by atoms with Gasteiger partial charge in [-0.25, -0.2) is 4.79 Å². The summed E-state index contributed by atoms with van der Waals surface area (Å²) >= 11 is 5.93. The molecule has 0 unspecified atom stereocenters. The van der Waals surface area contributed by atoms with Gasteiger partial charge >= 0.3 is 6.03 Å². The second-order valence-electron chi connectivity index (χ2n) is 7.35. The maximum atomic E-state index is 12.4. The van der Waals surface area contributed by atoms with Gasteiger partial charge in [0.05, 0.1) is 0 Å². The summed E-state index contributed by atoms with van der Waals surface area (Å²) in [6, 6.07) is 5.64. The van der Waals surface area contributed by atoms with Crippen molar-refractivity contribution in [3.05, 3.63) is 28.8 Å². The number of nitrogens with zero attached hydrogens (tertiary/aromatic N) is 2. The average Bonchev–Trinajstić information content (AvgIpc) is 2.68. The minimum Gasteiger partial charge on any atom is -0.483 e. The standard InChI is InChI=1S/C20H28ClN3O3/c1-15-13-16(21)7-8-18(15)27-14-19(25)23-9-11-24(12-10-23)20(26)22-17-5-3-2-4-6-17/h7-8,13,17H,2-6,9-12,14H2,1H3,(H,22,26). The number of carbonyl (C=O) groups excluding carboxylic acids is 2. The molecule has 7 heteroatoms. The summed E-state index contributed by atoms with van der Waals surface area (Å²) in [6.07, 6.45) is 5.81. The molecule has 3 rings (SSSR count). The molecule has 0 atom stereocenters. The highest BCUT2D eigenvalue weighted by molar-refractivity contribution is 6.30. The van der Waals surface area contributed by atoms with E-state index < -0.39 is 0 Å². The fourth-order valence-electron chi connectivity index (χ4n) is 3.68. The molecule has 1 saturated heterocycles. The van der Waals surface area contributed by atoms with Crippen molar-refractivity contribution in [3.63, 3.8) is 0 Å². The Morgan fingerprint density at radius 2 is 1.78 bits per heavy atom. The zero-order chi connectivity index (χ0) is 19.2. The van der Waals surface area contributed by atoms with Crippen molar-refractivity contribution >= 4 is 23.5 Å². The smallest absolute Gasteiger partial charge is 0.317 e. The summed E-state index contributed by atoms with van der Waals surface area (Å²) in [5, 5.41) is 3.79. The van der Waals surface area contributed by atoms with E-state index in [0.29, 0.717) is 43.0 Å². The predicted octanol–water partition coefficient (Wildman–Crippen LogP) is 3.21. The number of hydrogen-bond acceptors (Lipinski definition) is 3. The van der Waals surface area contributed by atoms with Crippen LogP contribution in [0.15, 0.2) is 18.2 Å². The van der Waals surface area contributed by atoms with E-state index >= 15 is 0 Å². The Hall–Kier alpha value is -1.95. The van der Waals surface area contributed by atoms with Crippen molar-refractivity contribution in [2.45, 2.75) is 45.1 Å². The van der Waals surface area contributed by atoms with E-state index in [4.69, 9.17) is 16.3 Å². The predicted molar refractivity (Wildman–Crippen MR) is 105 cm³/mol. The highest BCUT2D eigenvalue weighted by Gasteiger charge is 2.26. The maximum Gasteiger partial charge on any atom is 0.317 e. The summed E-state index contributed by atoms with van der Waals surface area (Å²) in [4.78, 5) is 28.4. The van der Waals surface area contributed by atoms with Crippen LogP contribution in [0.25, 0.3) is 0 Å². The molecule has 1 aliphatic carbocycles. The number of piperazine rings is 1. The van der Waals surface area contributed by atoms with Crippen LogP contribution in [0.5, 0.6) is 5.75 Å². The van der Waals surface area contributed by atoms with Gasteiger partial charge in [0, 0.05) is 37.2 Å². The molecular formula is C20H28ClN3O3. The van der Waals surface area contributed by atoms with Gasteiger partial charge in [-0.3, -0.25) is 4.79 Å². The van der Waals surface area contributed by atoms with E-state index in [2.05, 4.69) is 5.32 Å². The molecule has 1 heterocycles. The van der Waals surface area contributed by atoms with E-state index in [1.54, 1.807) is 17.0 Å². The van der Waals surface area contributed by atoms with Crippen molar-refractivity contribution in [1.29, 1.82) is 0 Å². The van der Waals surface area contributed by atoms with Crippen LogP contribution in [0.3, 0.4) is 0 Å². The Balaban J connectivity index is 1.41. The summed E-state index contributed by atoms with van der Waals surface area (Å²) in [5.41, 5.74) is 0.902. The molecule has 1 saturated carbocycles. The summed E-state index contributed by atoms with van der Waals surface area (Å²) < 4.78 is 5.64. The second kappa shape index (κ2) is 9.31. The number of benzene rings is 1. The second-order valence-corrected chi connectivity index (χ2v) is 7.79. The first-order valence-electron chi connectivity index (χ1n) is 9.75. The van der Waals surface area contributed by atoms with E-state index in [-0.39, 0.29) is 18.5 Å². The van der Waals surface area contributed by atoms with Crippen LogP contribution in [0.1, 0.15) is 37.7 Å². The van der Waals surface area contributed by atoms with E-state index in [1.807, 2.05) is 17.9 Å².